The van der Waals surface area contributed by atoms with Crippen molar-refractivity contribution in [3.05, 3.63) is 71.0 Å². The normalized spacial score (nSPS) is 10.7. The first-order valence-corrected chi connectivity index (χ1v) is 5.68. The third-order valence-corrected chi connectivity index (χ3v) is 2.80. The first-order chi connectivity index (χ1) is 8.83. The van der Waals surface area contributed by atoms with Gasteiger partial charge in [-0.1, -0.05) is 30.3 Å². The zero-order chi connectivity index (χ0) is 12.4. The molecule has 0 saturated heterocycles. The summed E-state index contributed by atoms with van der Waals surface area (Å²) in [6.07, 6.45) is 5.01. The van der Waals surface area contributed by atoms with Crippen molar-refractivity contribution >= 4 is 0 Å². The highest BCUT2D eigenvalue weighted by Crippen LogP contribution is 2.13. The molecule has 0 unspecified atom stereocenters. The summed E-state index contributed by atoms with van der Waals surface area (Å²) in [6, 6.07) is 11.9. The SMILES string of the molecule is O=c1ncnc2ccn(Cc3ccccc3)cc1-2. The predicted octanol–water partition coefficient (Wildman–Crippen LogP) is 1.79. The van der Waals surface area contributed by atoms with Gasteiger partial charge in [0.05, 0.1) is 11.3 Å². The molecule has 2 aliphatic rings. The van der Waals surface area contributed by atoms with E-state index in [-0.39, 0.29) is 5.56 Å². The average molecular weight is 237 g/mol. The van der Waals surface area contributed by atoms with Gasteiger partial charge in [0.25, 0.3) is 5.56 Å². The maximum atomic E-state index is 11.6. The van der Waals surface area contributed by atoms with Gasteiger partial charge in [-0.3, -0.25) is 4.79 Å². The van der Waals surface area contributed by atoms with Crippen LogP contribution in [-0.2, 0) is 6.54 Å². The van der Waals surface area contributed by atoms with Crippen LogP contribution in [0, 0.1) is 0 Å². The van der Waals surface area contributed by atoms with Gasteiger partial charge in [0.1, 0.15) is 6.33 Å². The second-order valence-electron chi connectivity index (χ2n) is 4.08. The highest BCUT2D eigenvalue weighted by molar-refractivity contribution is 5.56. The van der Waals surface area contributed by atoms with Gasteiger partial charge in [0.15, 0.2) is 0 Å². The fourth-order valence-electron chi connectivity index (χ4n) is 1.91. The first-order valence-electron chi connectivity index (χ1n) is 5.68. The molecule has 3 rings (SSSR count). The summed E-state index contributed by atoms with van der Waals surface area (Å²) < 4.78 is 1.96. The number of hydrogen-bond donors (Lipinski definition) is 0. The van der Waals surface area contributed by atoms with Crippen molar-refractivity contribution in [2.24, 2.45) is 0 Å². The molecular formula is C14H11N3O. The minimum absolute atomic E-state index is 0.234. The van der Waals surface area contributed by atoms with Crippen LogP contribution in [0.4, 0.5) is 0 Å². The zero-order valence-electron chi connectivity index (χ0n) is 9.65. The molecule has 0 saturated carbocycles. The lowest BCUT2D eigenvalue weighted by Gasteiger charge is -2.09. The number of pyridine rings is 1. The van der Waals surface area contributed by atoms with E-state index in [2.05, 4.69) is 22.1 Å². The quantitative estimate of drug-likeness (QED) is 0.682. The van der Waals surface area contributed by atoms with Gasteiger partial charge in [-0.15, -0.1) is 0 Å². The Morgan fingerprint density at radius 1 is 1.06 bits per heavy atom. The molecule has 0 radical (unpaired) electrons. The molecule has 2 aliphatic heterocycles. The molecule has 88 valence electrons. The van der Waals surface area contributed by atoms with Crippen molar-refractivity contribution in [1.29, 1.82) is 0 Å². The number of hydrogen-bond acceptors (Lipinski definition) is 3. The van der Waals surface area contributed by atoms with Crippen molar-refractivity contribution in [3.8, 4) is 11.3 Å². The van der Waals surface area contributed by atoms with Gasteiger partial charge in [-0.05, 0) is 11.6 Å². The van der Waals surface area contributed by atoms with Gasteiger partial charge in [-0.2, -0.15) is 4.98 Å². The molecule has 0 aromatic heterocycles. The third-order valence-electron chi connectivity index (χ3n) is 2.80. The molecule has 0 N–H and O–H groups in total. The van der Waals surface area contributed by atoms with Gasteiger partial charge in [-0.25, -0.2) is 4.98 Å². The lowest BCUT2D eigenvalue weighted by Crippen LogP contribution is -2.13. The number of benzene rings is 1. The summed E-state index contributed by atoms with van der Waals surface area (Å²) in [4.78, 5) is 19.4. The highest BCUT2D eigenvalue weighted by atomic mass is 16.1. The standard InChI is InChI=1S/C14H11N3O/c18-14-12-9-17(7-6-13(12)15-10-16-14)8-11-4-2-1-3-5-11/h1-7,9-10H,8H2. The van der Waals surface area contributed by atoms with E-state index in [4.69, 9.17) is 0 Å². The minimum Gasteiger partial charge on any atom is -0.349 e. The van der Waals surface area contributed by atoms with Crippen LogP contribution in [0.2, 0.25) is 0 Å². The van der Waals surface area contributed by atoms with E-state index in [1.807, 2.05) is 35.0 Å². The number of nitrogens with zero attached hydrogens (tertiary/aromatic N) is 3. The summed E-state index contributed by atoms with van der Waals surface area (Å²) in [5.41, 5.74) is 2.18. The van der Waals surface area contributed by atoms with Crippen LogP contribution in [0.1, 0.15) is 5.56 Å². The predicted molar refractivity (Wildman–Crippen MR) is 68.5 cm³/mol. The van der Waals surface area contributed by atoms with Crippen molar-refractivity contribution in [3.63, 3.8) is 0 Å². The molecule has 1 aromatic carbocycles. The van der Waals surface area contributed by atoms with Crippen LogP contribution < -0.4 is 5.56 Å². The molecule has 0 aliphatic carbocycles. The number of rotatable bonds is 2. The van der Waals surface area contributed by atoms with Crippen LogP contribution >= 0.6 is 0 Å². The fraction of sp³-hybridized carbons (Fsp3) is 0.0714. The highest BCUT2D eigenvalue weighted by Gasteiger charge is 2.07. The summed E-state index contributed by atoms with van der Waals surface area (Å²) in [5.74, 6) is 0. The summed E-state index contributed by atoms with van der Waals surface area (Å²) in [6.45, 7) is 0.727. The lowest BCUT2D eigenvalue weighted by molar-refractivity contribution is 0.788. The molecule has 2 heterocycles. The molecule has 4 nitrogen and oxygen atoms in total. The fourth-order valence-corrected chi connectivity index (χ4v) is 1.91. The van der Waals surface area contributed by atoms with Crippen molar-refractivity contribution in [2.45, 2.75) is 6.54 Å². The van der Waals surface area contributed by atoms with Crippen LogP contribution in [0.25, 0.3) is 11.3 Å². The van der Waals surface area contributed by atoms with Crippen LogP contribution in [0.3, 0.4) is 0 Å². The molecule has 0 atom stereocenters. The van der Waals surface area contributed by atoms with E-state index in [0.717, 1.165) is 6.54 Å². The van der Waals surface area contributed by atoms with Crippen molar-refractivity contribution in [2.75, 3.05) is 0 Å². The smallest absolute Gasteiger partial charge is 0.282 e. The van der Waals surface area contributed by atoms with E-state index < -0.39 is 0 Å². The maximum absolute atomic E-state index is 11.6. The van der Waals surface area contributed by atoms with E-state index >= 15 is 0 Å². The molecular weight excluding hydrogens is 226 g/mol. The molecule has 0 amide bonds. The van der Waals surface area contributed by atoms with Crippen LogP contribution in [0.15, 0.2) is 59.9 Å². The average Bonchev–Trinajstić information content (AvgIpc) is 2.41. The number of aromatic nitrogens is 3. The Balaban J connectivity index is 2.02. The van der Waals surface area contributed by atoms with E-state index in [9.17, 15) is 4.79 Å². The molecule has 0 spiro atoms. The summed E-state index contributed by atoms with van der Waals surface area (Å²) in [7, 11) is 0. The zero-order valence-corrected chi connectivity index (χ0v) is 9.65. The van der Waals surface area contributed by atoms with E-state index in [0.29, 0.717) is 11.3 Å². The van der Waals surface area contributed by atoms with Gasteiger partial charge in [0.2, 0.25) is 0 Å². The van der Waals surface area contributed by atoms with Crippen LogP contribution in [-0.4, -0.2) is 14.5 Å². The van der Waals surface area contributed by atoms with E-state index in [1.54, 1.807) is 6.20 Å². The Labute approximate surface area is 104 Å². The van der Waals surface area contributed by atoms with Gasteiger partial charge < -0.3 is 4.57 Å². The van der Waals surface area contributed by atoms with E-state index in [1.165, 1.54) is 11.9 Å². The summed E-state index contributed by atoms with van der Waals surface area (Å²) >= 11 is 0. The topological polar surface area (TPSA) is 47.8 Å². The monoisotopic (exact) mass is 237 g/mol. The molecule has 0 bridgehead atoms. The van der Waals surface area contributed by atoms with Crippen LogP contribution in [0.5, 0.6) is 0 Å². The Bertz CT molecular complexity index is 691. The second-order valence-corrected chi connectivity index (χ2v) is 4.08. The first kappa shape index (κ1) is 10.7. The largest absolute Gasteiger partial charge is 0.349 e. The Morgan fingerprint density at radius 2 is 1.89 bits per heavy atom. The second kappa shape index (κ2) is 4.41. The molecule has 4 heteroatoms. The Kier molecular flexibility index (Phi) is 2.61. The summed E-state index contributed by atoms with van der Waals surface area (Å²) in [5, 5.41) is 0. The molecule has 18 heavy (non-hydrogen) atoms. The van der Waals surface area contributed by atoms with Gasteiger partial charge >= 0.3 is 0 Å². The minimum atomic E-state index is -0.234. The molecule has 0 fully saturated rings. The number of fused-ring (bicyclic) bond motifs is 1. The van der Waals surface area contributed by atoms with Crippen molar-refractivity contribution < 1.29 is 0 Å². The Hall–Kier alpha value is -2.49. The lowest BCUT2D eigenvalue weighted by atomic mass is 10.2. The third kappa shape index (κ3) is 2.00. The Morgan fingerprint density at radius 3 is 2.72 bits per heavy atom. The van der Waals surface area contributed by atoms with Gasteiger partial charge in [0, 0.05) is 18.9 Å². The maximum Gasteiger partial charge on any atom is 0.282 e. The van der Waals surface area contributed by atoms with Crippen molar-refractivity contribution in [1.82, 2.24) is 14.5 Å². The molecule has 1 aromatic rings.